The summed E-state index contributed by atoms with van der Waals surface area (Å²) in [6, 6.07) is 4.37. The van der Waals surface area contributed by atoms with Crippen molar-refractivity contribution in [3.8, 4) is 5.75 Å². The molecule has 122 valence electrons. The van der Waals surface area contributed by atoms with Crippen LogP contribution in [0, 0.1) is 0 Å². The maximum absolute atomic E-state index is 12.2. The van der Waals surface area contributed by atoms with Gasteiger partial charge in [-0.1, -0.05) is 0 Å². The van der Waals surface area contributed by atoms with Crippen LogP contribution in [0.2, 0.25) is 0 Å². The standard InChI is InChI=1S/C14H20N2O5S/c1-9(17)7-15-22(19,20)12-4-5-14-13(6-12)16(11(3)18)8-10(2)21-14/h4-6,9-10,15,17H,7-8H2,1-3H3. The van der Waals surface area contributed by atoms with Gasteiger partial charge in [-0.3, -0.25) is 4.79 Å². The van der Waals surface area contributed by atoms with Crippen molar-refractivity contribution < 1.29 is 23.1 Å². The van der Waals surface area contributed by atoms with E-state index in [1.54, 1.807) is 0 Å². The minimum Gasteiger partial charge on any atom is -0.487 e. The van der Waals surface area contributed by atoms with Crippen molar-refractivity contribution in [2.24, 2.45) is 0 Å². The molecule has 1 aromatic rings. The number of amides is 1. The number of hydrogen-bond acceptors (Lipinski definition) is 5. The molecule has 0 spiro atoms. The summed E-state index contributed by atoms with van der Waals surface area (Å²) in [4.78, 5) is 13.3. The van der Waals surface area contributed by atoms with Crippen LogP contribution in [0.4, 0.5) is 5.69 Å². The highest BCUT2D eigenvalue weighted by atomic mass is 32.2. The van der Waals surface area contributed by atoms with E-state index in [1.807, 2.05) is 6.92 Å². The first-order chi connectivity index (χ1) is 10.2. The fourth-order valence-corrected chi connectivity index (χ4v) is 3.34. The molecule has 1 amide bonds. The summed E-state index contributed by atoms with van der Waals surface area (Å²) in [6.45, 7) is 5.04. The second-order valence-corrected chi connectivity index (χ2v) is 7.16. The lowest BCUT2D eigenvalue weighted by atomic mass is 10.2. The molecule has 1 heterocycles. The molecule has 2 rings (SSSR count). The number of carbonyl (C=O) groups is 1. The molecule has 0 bridgehead atoms. The first kappa shape index (κ1) is 16.7. The van der Waals surface area contributed by atoms with Gasteiger partial charge in [0.05, 0.1) is 23.2 Å². The van der Waals surface area contributed by atoms with E-state index in [0.717, 1.165) is 0 Å². The Morgan fingerprint density at radius 1 is 1.55 bits per heavy atom. The minimum absolute atomic E-state index is 0.0244. The molecule has 0 aliphatic carbocycles. The van der Waals surface area contributed by atoms with Crippen LogP contribution in [0.25, 0.3) is 0 Å². The van der Waals surface area contributed by atoms with Crippen molar-refractivity contribution in [1.82, 2.24) is 4.72 Å². The molecule has 2 N–H and O–H groups in total. The predicted molar refractivity (Wildman–Crippen MR) is 81.4 cm³/mol. The van der Waals surface area contributed by atoms with Crippen LogP contribution >= 0.6 is 0 Å². The summed E-state index contributed by atoms with van der Waals surface area (Å²) in [5.74, 6) is 0.298. The third-order valence-corrected chi connectivity index (χ3v) is 4.67. The largest absolute Gasteiger partial charge is 0.487 e. The predicted octanol–water partition coefficient (Wildman–Crippen LogP) is 0.480. The van der Waals surface area contributed by atoms with Crippen molar-refractivity contribution in [3.63, 3.8) is 0 Å². The van der Waals surface area contributed by atoms with Gasteiger partial charge >= 0.3 is 0 Å². The van der Waals surface area contributed by atoms with Gasteiger partial charge in [0.2, 0.25) is 15.9 Å². The Hall–Kier alpha value is -1.64. The van der Waals surface area contributed by atoms with Gasteiger partial charge in [-0.2, -0.15) is 0 Å². The highest BCUT2D eigenvalue weighted by Crippen LogP contribution is 2.35. The van der Waals surface area contributed by atoms with Crippen LogP contribution in [0.1, 0.15) is 20.8 Å². The smallest absolute Gasteiger partial charge is 0.240 e. The quantitative estimate of drug-likeness (QED) is 0.838. The number of fused-ring (bicyclic) bond motifs is 1. The van der Waals surface area contributed by atoms with Crippen LogP contribution in [0.3, 0.4) is 0 Å². The molecule has 0 aromatic heterocycles. The molecule has 2 unspecified atom stereocenters. The van der Waals surface area contributed by atoms with Gasteiger partial charge in [0, 0.05) is 13.5 Å². The number of anilines is 1. The van der Waals surface area contributed by atoms with Crippen LogP contribution in [0.5, 0.6) is 5.75 Å². The van der Waals surface area contributed by atoms with E-state index in [0.29, 0.717) is 18.0 Å². The lowest BCUT2D eigenvalue weighted by Crippen LogP contribution is -2.41. The van der Waals surface area contributed by atoms with Gasteiger partial charge in [0.15, 0.2) is 0 Å². The third-order valence-electron chi connectivity index (χ3n) is 3.25. The van der Waals surface area contributed by atoms with Crippen LogP contribution in [-0.4, -0.2) is 44.7 Å². The SMILES string of the molecule is CC(=O)N1CC(C)Oc2ccc(S(=O)(=O)NCC(C)O)cc21. The molecule has 0 radical (unpaired) electrons. The zero-order valence-electron chi connectivity index (χ0n) is 12.7. The Bertz CT molecular complexity index is 672. The Labute approximate surface area is 129 Å². The van der Waals surface area contributed by atoms with E-state index in [4.69, 9.17) is 4.74 Å². The molecule has 0 saturated heterocycles. The molecule has 8 heteroatoms. The fourth-order valence-electron chi connectivity index (χ4n) is 2.20. The van der Waals surface area contributed by atoms with E-state index in [2.05, 4.69) is 4.72 Å². The average molecular weight is 328 g/mol. The summed E-state index contributed by atoms with van der Waals surface area (Å²) in [5, 5.41) is 9.20. The van der Waals surface area contributed by atoms with E-state index in [9.17, 15) is 18.3 Å². The van der Waals surface area contributed by atoms with Gasteiger partial charge in [-0.05, 0) is 32.0 Å². The average Bonchev–Trinajstić information content (AvgIpc) is 2.43. The number of sulfonamides is 1. The van der Waals surface area contributed by atoms with Crippen molar-refractivity contribution in [1.29, 1.82) is 0 Å². The first-order valence-corrected chi connectivity index (χ1v) is 8.45. The normalized spacial score (nSPS) is 19.3. The Balaban J connectivity index is 2.38. The molecule has 7 nitrogen and oxygen atoms in total. The van der Waals surface area contributed by atoms with E-state index >= 15 is 0 Å². The fraction of sp³-hybridized carbons (Fsp3) is 0.500. The Morgan fingerprint density at radius 2 is 2.23 bits per heavy atom. The van der Waals surface area contributed by atoms with Gasteiger partial charge in [-0.25, -0.2) is 13.1 Å². The van der Waals surface area contributed by atoms with Crippen LogP contribution in [-0.2, 0) is 14.8 Å². The van der Waals surface area contributed by atoms with Gasteiger partial charge in [-0.15, -0.1) is 0 Å². The topological polar surface area (TPSA) is 95.9 Å². The highest BCUT2D eigenvalue weighted by molar-refractivity contribution is 7.89. The van der Waals surface area contributed by atoms with E-state index in [-0.39, 0.29) is 23.5 Å². The second-order valence-electron chi connectivity index (χ2n) is 5.39. The maximum Gasteiger partial charge on any atom is 0.240 e. The molecule has 1 aromatic carbocycles. The third kappa shape index (κ3) is 3.57. The molecule has 0 fully saturated rings. The Kier molecular flexibility index (Phi) is 4.74. The van der Waals surface area contributed by atoms with Gasteiger partial charge < -0.3 is 14.7 Å². The van der Waals surface area contributed by atoms with Gasteiger partial charge in [0.1, 0.15) is 11.9 Å². The molecule has 1 aliphatic rings. The number of nitrogens with one attached hydrogen (secondary N) is 1. The second kappa shape index (κ2) is 6.23. The van der Waals surface area contributed by atoms with E-state index in [1.165, 1.54) is 36.9 Å². The lowest BCUT2D eigenvalue weighted by Gasteiger charge is -2.33. The van der Waals surface area contributed by atoms with E-state index < -0.39 is 16.1 Å². The highest BCUT2D eigenvalue weighted by Gasteiger charge is 2.27. The first-order valence-electron chi connectivity index (χ1n) is 6.97. The summed E-state index contributed by atoms with van der Waals surface area (Å²) >= 11 is 0. The molecule has 2 atom stereocenters. The Morgan fingerprint density at radius 3 is 2.82 bits per heavy atom. The monoisotopic (exact) mass is 328 g/mol. The van der Waals surface area contributed by atoms with Gasteiger partial charge in [0.25, 0.3) is 0 Å². The number of aliphatic hydroxyl groups is 1. The number of ether oxygens (including phenoxy) is 1. The summed E-state index contributed by atoms with van der Waals surface area (Å²) in [7, 11) is -3.75. The number of nitrogens with zero attached hydrogens (tertiary/aromatic N) is 1. The lowest BCUT2D eigenvalue weighted by molar-refractivity contribution is -0.117. The van der Waals surface area contributed by atoms with Crippen LogP contribution < -0.4 is 14.4 Å². The van der Waals surface area contributed by atoms with Crippen molar-refractivity contribution in [2.75, 3.05) is 18.0 Å². The number of rotatable bonds is 4. The zero-order chi connectivity index (χ0) is 16.5. The molecular weight excluding hydrogens is 308 g/mol. The summed E-state index contributed by atoms with van der Waals surface area (Å²) in [6.07, 6.45) is -0.947. The summed E-state index contributed by atoms with van der Waals surface area (Å²) in [5.41, 5.74) is 0.436. The molecular formula is C14H20N2O5S. The van der Waals surface area contributed by atoms with Crippen molar-refractivity contribution in [3.05, 3.63) is 18.2 Å². The number of carbonyl (C=O) groups excluding carboxylic acids is 1. The van der Waals surface area contributed by atoms with Crippen molar-refractivity contribution >= 4 is 21.6 Å². The summed E-state index contributed by atoms with van der Waals surface area (Å²) < 4.78 is 32.3. The number of aliphatic hydroxyl groups excluding tert-OH is 1. The maximum atomic E-state index is 12.2. The number of benzene rings is 1. The number of hydrogen-bond donors (Lipinski definition) is 2. The molecule has 1 aliphatic heterocycles. The molecule has 0 saturated carbocycles. The molecule has 22 heavy (non-hydrogen) atoms. The minimum atomic E-state index is -3.75. The zero-order valence-corrected chi connectivity index (χ0v) is 13.6. The van der Waals surface area contributed by atoms with Crippen molar-refractivity contribution in [2.45, 2.75) is 37.9 Å². The van der Waals surface area contributed by atoms with Crippen LogP contribution in [0.15, 0.2) is 23.1 Å².